The molecule has 0 spiro atoms. The minimum absolute atomic E-state index is 0.302. The number of benzene rings is 1. The third kappa shape index (κ3) is 2.87. The molecule has 0 bridgehead atoms. The third-order valence-corrected chi connectivity index (χ3v) is 2.67. The maximum absolute atomic E-state index is 12.2. The number of H-pyrrole nitrogens is 1. The van der Waals surface area contributed by atoms with Crippen molar-refractivity contribution in [3.63, 3.8) is 0 Å². The van der Waals surface area contributed by atoms with Gasteiger partial charge in [0.1, 0.15) is 17.6 Å². The van der Waals surface area contributed by atoms with Crippen LogP contribution in [0.15, 0.2) is 18.2 Å². The highest BCUT2D eigenvalue weighted by atomic mass is 16.4. The van der Waals surface area contributed by atoms with Gasteiger partial charge in [0.15, 0.2) is 0 Å². The predicted octanol–water partition coefficient (Wildman–Crippen LogP) is 0.895. The van der Waals surface area contributed by atoms with Gasteiger partial charge in [-0.25, -0.2) is 0 Å². The van der Waals surface area contributed by atoms with E-state index < -0.39 is 5.97 Å². The monoisotopic (exact) mass is 262 g/mol. The number of fused-ring (bicyclic) bond motifs is 1. The number of nitrogens with zero attached hydrogens (tertiary/aromatic N) is 3. The second-order valence-corrected chi connectivity index (χ2v) is 4.15. The molecule has 1 aromatic carbocycles. The van der Waals surface area contributed by atoms with Gasteiger partial charge in [0, 0.05) is 12.1 Å². The van der Waals surface area contributed by atoms with Crippen molar-refractivity contribution in [3.8, 4) is 0 Å². The summed E-state index contributed by atoms with van der Waals surface area (Å²) in [5, 5.41) is 19.1. The summed E-state index contributed by atoms with van der Waals surface area (Å²) in [4.78, 5) is 24.3. The third-order valence-electron chi connectivity index (χ3n) is 2.67. The van der Waals surface area contributed by atoms with Crippen molar-refractivity contribution in [1.82, 2.24) is 20.3 Å². The van der Waals surface area contributed by atoms with Crippen LogP contribution in [0.5, 0.6) is 0 Å². The van der Waals surface area contributed by atoms with E-state index in [1.807, 2.05) is 6.92 Å². The smallest absolute Gasteiger partial charge is 0.323 e. The van der Waals surface area contributed by atoms with E-state index in [-0.39, 0.29) is 12.5 Å². The van der Waals surface area contributed by atoms with Crippen molar-refractivity contribution in [2.24, 2.45) is 0 Å². The zero-order valence-corrected chi connectivity index (χ0v) is 10.5. The molecule has 0 saturated heterocycles. The Kier molecular flexibility index (Phi) is 3.74. The van der Waals surface area contributed by atoms with Crippen LogP contribution in [0, 0.1) is 0 Å². The van der Waals surface area contributed by atoms with Crippen LogP contribution < -0.4 is 0 Å². The fraction of sp³-hybridized carbons (Fsp3) is 0.333. The molecule has 7 heteroatoms. The molecule has 0 saturated carbocycles. The second kappa shape index (κ2) is 5.47. The molecule has 2 rings (SSSR count). The summed E-state index contributed by atoms with van der Waals surface area (Å²) >= 11 is 0. The number of aromatic amines is 1. The van der Waals surface area contributed by atoms with Gasteiger partial charge in [0.05, 0.1) is 0 Å². The number of nitrogens with one attached hydrogen (secondary N) is 1. The SMILES string of the molecule is CCCN(CC(=O)O)C(=O)c1ccc2n[nH]nc2c1. The number of rotatable bonds is 5. The number of carbonyl (C=O) groups excluding carboxylic acids is 1. The molecule has 1 heterocycles. The topological polar surface area (TPSA) is 99.2 Å². The summed E-state index contributed by atoms with van der Waals surface area (Å²) in [6, 6.07) is 4.90. The highest BCUT2D eigenvalue weighted by Gasteiger charge is 2.18. The van der Waals surface area contributed by atoms with Gasteiger partial charge in [0.25, 0.3) is 5.91 Å². The Morgan fingerprint density at radius 1 is 1.32 bits per heavy atom. The van der Waals surface area contributed by atoms with E-state index in [2.05, 4.69) is 15.4 Å². The molecule has 0 aliphatic heterocycles. The summed E-state index contributed by atoms with van der Waals surface area (Å²) in [6.07, 6.45) is 0.700. The van der Waals surface area contributed by atoms with Crippen molar-refractivity contribution in [3.05, 3.63) is 23.8 Å². The zero-order chi connectivity index (χ0) is 13.8. The fourth-order valence-corrected chi connectivity index (χ4v) is 1.84. The summed E-state index contributed by atoms with van der Waals surface area (Å²) in [5.41, 5.74) is 1.66. The largest absolute Gasteiger partial charge is 0.480 e. The Bertz CT molecular complexity index is 608. The number of aromatic nitrogens is 3. The van der Waals surface area contributed by atoms with E-state index in [1.54, 1.807) is 18.2 Å². The van der Waals surface area contributed by atoms with Crippen LogP contribution in [0.4, 0.5) is 0 Å². The number of carbonyl (C=O) groups is 2. The Morgan fingerprint density at radius 3 is 2.74 bits per heavy atom. The van der Waals surface area contributed by atoms with Crippen molar-refractivity contribution in [2.75, 3.05) is 13.1 Å². The Morgan fingerprint density at radius 2 is 2.05 bits per heavy atom. The molecule has 0 fully saturated rings. The molecule has 0 radical (unpaired) electrons. The van der Waals surface area contributed by atoms with E-state index in [0.717, 1.165) is 0 Å². The molecule has 19 heavy (non-hydrogen) atoms. The van der Waals surface area contributed by atoms with Gasteiger partial charge in [-0.3, -0.25) is 9.59 Å². The van der Waals surface area contributed by atoms with Crippen LogP contribution in [0.1, 0.15) is 23.7 Å². The van der Waals surface area contributed by atoms with Gasteiger partial charge in [-0.15, -0.1) is 0 Å². The van der Waals surface area contributed by atoms with Crippen molar-refractivity contribution >= 4 is 22.9 Å². The first-order valence-electron chi connectivity index (χ1n) is 5.93. The molecular weight excluding hydrogens is 248 g/mol. The first-order valence-corrected chi connectivity index (χ1v) is 5.93. The van der Waals surface area contributed by atoms with Crippen LogP contribution in [0.3, 0.4) is 0 Å². The minimum atomic E-state index is -1.02. The van der Waals surface area contributed by atoms with E-state index in [1.165, 1.54) is 4.90 Å². The van der Waals surface area contributed by atoms with E-state index in [9.17, 15) is 9.59 Å². The summed E-state index contributed by atoms with van der Waals surface area (Å²) < 4.78 is 0. The Balaban J connectivity index is 2.26. The number of aliphatic carboxylic acids is 1. The lowest BCUT2D eigenvalue weighted by Gasteiger charge is -2.19. The average molecular weight is 262 g/mol. The lowest BCUT2D eigenvalue weighted by molar-refractivity contribution is -0.137. The Hall–Kier alpha value is -2.44. The molecule has 7 nitrogen and oxygen atoms in total. The molecule has 0 aliphatic rings. The normalized spacial score (nSPS) is 10.6. The molecule has 100 valence electrons. The molecule has 2 N–H and O–H groups in total. The molecule has 1 amide bonds. The first-order chi connectivity index (χ1) is 9.11. The van der Waals surface area contributed by atoms with Crippen molar-refractivity contribution in [2.45, 2.75) is 13.3 Å². The first kappa shape index (κ1) is 13.0. The van der Waals surface area contributed by atoms with Crippen LogP contribution in [-0.2, 0) is 4.79 Å². The summed E-state index contributed by atoms with van der Waals surface area (Å²) in [5.74, 6) is -1.33. The molecule has 0 atom stereocenters. The lowest BCUT2D eigenvalue weighted by atomic mass is 10.1. The van der Waals surface area contributed by atoms with Crippen LogP contribution in [0.2, 0.25) is 0 Å². The van der Waals surface area contributed by atoms with Crippen LogP contribution >= 0.6 is 0 Å². The maximum Gasteiger partial charge on any atom is 0.323 e. The van der Waals surface area contributed by atoms with Crippen LogP contribution in [0.25, 0.3) is 11.0 Å². The van der Waals surface area contributed by atoms with Gasteiger partial charge < -0.3 is 10.0 Å². The standard InChI is InChI=1S/C12H14N4O3/c1-2-5-16(7-11(17)18)12(19)8-3-4-9-10(6-8)14-15-13-9/h3-4,6H,2,5,7H2,1H3,(H,17,18)(H,13,14,15). The molecule has 2 aromatic rings. The van der Waals surface area contributed by atoms with Crippen LogP contribution in [-0.4, -0.2) is 50.4 Å². The molecule has 0 aliphatic carbocycles. The second-order valence-electron chi connectivity index (χ2n) is 4.15. The maximum atomic E-state index is 12.2. The molecule has 0 unspecified atom stereocenters. The van der Waals surface area contributed by atoms with E-state index in [0.29, 0.717) is 29.6 Å². The van der Waals surface area contributed by atoms with Crippen molar-refractivity contribution in [1.29, 1.82) is 0 Å². The molecular formula is C12H14N4O3. The average Bonchev–Trinajstić information content (AvgIpc) is 2.84. The van der Waals surface area contributed by atoms with Gasteiger partial charge in [-0.05, 0) is 24.6 Å². The van der Waals surface area contributed by atoms with E-state index in [4.69, 9.17) is 5.11 Å². The van der Waals surface area contributed by atoms with E-state index >= 15 is 0 Å². The Labute approximate surface area is 109 Å². The summed E-state index contributed by atoms with van der Waals surface area (Å²) in [6.45, 7) is 1.99. The lowest BCUT2D eigenvalue weighted by Crippen LogP contribution is -2.36. The number of carboxylic acid groups (broad SMARTS) is 1. The predicted molar refractivity (Wildman–Crippen MR) is 67.7 cm³/mol. The number of hydrogen-bond donors (Lipinski definition) is 2. The van der Waals surface area contributed by atoms with Gasteiger partial charge >= 0.3 is 5.97 Å². The van der Waals surface area contributed by atoms with Gasteiger partial charge in [-0.1, -0.05) is 6.92 Å². The number of hydrogen-bond acceptors (Lipinski definition) is 4. The zero-order valence-electron chi connectivity index (χ0n) is 10.5. The minimum Gasteiger partial charge on any atom is -0.480 e. The van der Waals surface area contributed by atoms with Crippen molar-refractivity contribution < 1.29 is 14.7 Å². The number of amides is 1. The molecule has 1 aromatic heterocycles. The van der Waals surface area contributed by atoms with Gasteiger partial charge in [-0.2, -0.15) is 15.4 Å². The quantitative estimate of drug-likeness (QED) is 0.833. The number of carboxylic acids is 1. The highest BCUT2D eigenvalue weighted by Crippen LogP contribution is 2.13. The van der Waals surface area contributed by atoms with Gasteiger partial charge in [0.2, 0.25) is 0 Å². The highest BCUT2D eigenvalue weighted by molar-refractivity contribution is 5.98. The fourth-order valence-electron chi connectivity index (χ4n) is 1.84. The summed E-state index contributed by atoms with van der Waals surface area (Å²) in [7, 11) is 0.